The number of thiocarbonyl (C=S) groups is 1. The van der Waals surface area contributed by atoms with Gasteiger partial charge in [0.15, 0.2) is 0 Å². The molecular weight excluding hydrogens is 260 g/mol. The zero-order valence-electron chi connectivity index (χ0n) is 10.7. The molecule has 1 aliphatic heterocycles. The van der Waals surface area contributed by atoms with Gasteiger partial charge in [-0.2, -0.15) is 0 Å². The van der Waals surface area contributed by atoms with Gasteiger partial charge in [-0.1, -0.05) is 24.7 Å². The number of rotatable bonds is 4. The van der Waals surface area contributed by atoms with Crippen LogP contribution in [0.4, 0.5) is 0 Å². The van der Waals surface area contributed by atoms with E-state index in [0.29, 0.717) is 12.2 Å². The van der Waals surface area contributed by atoms with Gasteiger partial charge in [-0.3, -0.25) is 14.7 Å². The third kappa shape index (κ3) is 3.27. The number of carbonyl (C=O) groups excluding carboxylic acids is 1. The molecule has 1 aromatic rings. The fraction of sp³-hybridized carbons (Fsp3) is 0.462. The average molecular weight is 278 g/mol. The topological polar surface area (TPSA) is 85.2 Å². The van der Waals surface area contributed by atoms with E-state index in [4.69, 9.17) is 23.7 Å². The lowest BCUT2D eigenvalue weighted by Crippen LogP contribution is -2.47. The first-order chi connectivity index (χ1) is 9.09. The van der Waals surface area contributed by atoms with Crippen molar-refractivity contribution in [3.05, 3.63) is 29.6 Å². The highest BCUT2D eigenvalue weighted by molar-refractivity contribution is 7.80. The Morgan fingerprint density at radius 1 is 1.47 bits per heavy atom. The van der Waals surface area contributed by atoms with Crippen LogP contribution >= 0.6 is 12.2 Å². The molecule has 0 radical (unpaired) electrons. The van der Waals surface area contributed by atoms with E-state index in [2.05, 4.69) is 9.88 Å². The maximum atomic E-state index is 11.5. The molecule has 1 unspecified atom stereocenters. The Morgan fingerprint density at radius 3 is 2.95 bits per heavy atom. The van der Waals surface area contributed by atoms with Crippen molar-refractivity contribution in [1.82, 2.24) is 9.88 Å². The first kappa shape index (κ1) is 13.9. The van der Waals surface area contributed by atoms with Gasteiger partial charge in [0, 0.05) is 12.7 Å². The highest BCUT2D eigenvalue weighted by Gasteiger charge is 2.27. The van der Waals surface area contributed by atoms with Crippen LogP contribution in [0, 0.1) is 0 Å². The van der Waals surface area contributed by atoms with Crippen molar-refractivity contribution in [2.75, 3.05) is 6.54 Å². The summed E-state index contributed by atoms with van der Waals surface area (Å²) in [6.45, 7) is 1.47. The van der Waals surface area contributed by atoms with E-state index < -0.39 is 0 Å². The molecule has 0 bridgehead atoms. The van der Waals surface area contributed by atoms with Gasteiger partial charge >= 0.3 is 0 Å². The second kappa shape index (κ2) is 6.08. The number of aromatic nitrogens is 1. The van der Waals surface area contributed by atoms with Crippen molar-refractivity contribution in [3.8, 4) is 0 Å². The Kier molecular flexibility index (Phi) is 4.44. The lowest BCUT2D eigenvalue weighted by molar-refractivity contribution is -0.124. The Balaban J connectivity index is 2.19. The van der Waals surface area contributed by atoms with Crippen LogP contribution in [-0.4, -0.2) is 33.4 Å². The van der Waals surface area contributed by atoms with Crippen LogP contribution in [-0.2, 0) is 11.3 Å². The van der Waals surface area contributed by atoms with Gasteiger partial charge in [0.25, 0.3) is 0 Å². The molecule has 1 aromatic heterocycles. The Labute approximate surface area is 118 Å². The summed E-state index contributed by atoms with van der Waals surface area (Å²) in [4.78, 5) is 18.1. The van der Waals surface area contributed by atoms with Crippen molar-refractivity contribution in [1.29, 1.82) is 0 Å². The maximum Gasteiger partial charge on any atom is 0.234 e. The molecule has 102 valence electrons. The number of hydrogen-bond acceptors (Lipinski definition) is 4. The molecule has 2 heterocycles. The van der Waals surface area contributed by atoms with Crippen molar-refractivity contribution in [2.24, 2.45) is 11.5 Å². The zero-order chi connectivity index (χ0) is 13.8. The monoisotopic (exact) mass is 278 g/mol. The minimum atomic E-state index is -0.263. The maximum absolute atomic E-state index is 11.5. The summed E-state index contributed by atoms with van der Waals surface area (Å²) in [7, 11) is 0. The molecule has 6 heteroatoms. The van der Waals surface area contributed by atoms with Gasteiger partial charge in [-0.25, -0.2) is 0 Å². The van der Waals surface area contributed by atoms with Crippen LogP contribution in [0.5, 0.6) is 0 Å². The van der Waals surface area contributed by atoms with E-state index in [1.54, 1.807) is 6.20 Å². The normalized spacial score (nSPS) is 20.1. The van der Waals surface area contributed by atoms with Gasteiger partial charge in [-0.05, 0) is 31.0 Å². The third-order valence-corrected chi connectivity index (χ3v) is 3.63. The first-order valence-electron chi connectivity index (χ1n) is 6.36. The summed E-state index contributed by atoms with van der Waals surface area (Å²) in [5.74, 6) is -0.263. The quantitative estimate of drug-likeness (QED) is 0.786. The van der Waals surface area contributed by atoms with Gasteiger partial charge in [-0.15, -0.1) is 0 Å². The van der Waals surface area contributed by atoms with E-state index in [1.807, 2.05) is 12.1 Å². The van der Waals surface area contributed by atoms with Crippen LogP contribution in [0.15, 0.2) is 18.3 Å². The molecule has 0 aliphatic carbocycles. The molecule has 1 atom stereocenters. The summed E-state index contributed by atoms with van der Waals surface area (Å²) in [5, 5.41) is 0. The number of pyridine rings is 1. The van der Waals surface area contributed by atoms with Gasteiger partial charge in [0.1, 0.15) is 10.7 Å². The zero-order valence-corrected chi connectivity index (χ0v) is 11.5. The van der Waals surface area contributed by atoms with Crippen LogP contribution < -0.4 is 11.5 Å². The largest absolute Gasteiger partial charge is 0.388 e. The van der Waals surface area contributed by atoms with E-state index in [-0.39, 0.29) is 16.9 Å². The molecule has 0 aromatic carbocycles. The van der Waals surface area contributed by atoms with Gasteiger partial charge in [0.05, 0.1) is 6.04 Å². The second-order valence-corrected chi connectivity index (χ2v) is 5.20. The van der Waals surface area contributed by atoms with Crippen LogP contribution in [0.25, 0.3) is 0 Å². The summed E-state index contributed by atoms with van der Waals surface area (Å²) in [6.07, 6.45) is 4.60. The van der Waals surface area contributed by atoms with E-state index in [1.165, 1.54) is 0 Å². The fourth-order valence-electron chi connectivity index (χ4n) is 2.51. The predicted octanol–water partition coefficient (Wildman–Crippen LogP) is 0.556. The Hall–Kier alpha value is -1.53. The molecule has 4 N–H and O–H groups in total. The molecule has 1 aliphatic rings. The number of amides is 1. The molecule has 2 rings (SSSR count). The van der Waals surface area contributed by atoms with Crippen LogP contribution in [0.2, 0.25) is 0 Å². The van der Waals surface area contributed by atoms with Crippen molar-refractivity contribution in [3.63, 3.8) is 0 Å². The van der Waals surface area contributed by atoms with Crippen molar-refractivity contribution in [2.45, 2.75) is 31.8 Å². The van der Waals surface area contributed by atoms with E-state index in [9.17, 15) is 4.79 Å². The molecule has 5 nitrogen and oxygen atoms in total. The predicted molar refractivity (Wildman–Crippen MR) is 77.4 cm³/mol. The lowest BCUT2D eigenvalue weighted by Gasteiger charge is -2.33. The molecular formula is C13H18N4OS. The van der Waals surface area contributed by atoms with E-state index >= 15 is 0 Å². The average Bonchev–Trinajstić information content (AvgIpc) is 2.39. The Morgan fingerprint density at radius 2 is 2.26 bits per heavy atom. The van der Waals surface area contributed by atoms with Crippen molar-refractivity contribution < 1.29 is 4.79 Å². The highest BCUT2D eigenvalue weighted by atomic mass is 32.1. The molecule has 1 saturated heterocycles. The minimum Gasteiger partial charge on any atom is -0.388 e. The summed E-state index contributed by atoms with van der Waals surface area (Å²) >= 11 is 5.00. The third-order valence-electron chi connectivity index (χ3n) is 3.44. The standard InChI is InChI=1S/C13H18N4OS/c14-12(18)10-5-1-2-7-17(10)8-9-4-3-6-16-11(9)13(15)19/h3-4,6,10H,1-2,5,7-8H2,(H2,14,18)(H2,15,19). The minimum absolute atomic E-state index is 0.201. The number of primary amides is 1. The molecule has 0 saturated carbocycles. The van der Waals surface area contributed by atoms with Gasteiger partial charge < -0.3 is 11.5 Å². The van der Waals surface area contributed by atoms with Crippen LogP contribution in [0.1, 0.15) is 30.5 Å². The molecule has 1 fully saturated rings. The number of piperidine rings is 1. The van der Waals surface area contributed by atoms with Crippen molar-refractivity contribution >= 4 is 23.1 Å². The second-order valence-electron chi connectivity index (χ2n) is 4.76. The molecule has 19 heavy (non-hydrogen) atoms. The number of nitrogens with zero attached hydrogens (tertiary/aromatic N) is 2. The van der Waals surface area contributed by atoms with Gasteiger partial charge in [0.2, 0.25) is 5.91 Å². The fourth-order valence-corrected chi connectivity index (χ4v) is 2.69. The Bertz CT molecular complexity index is 491. The summed E-state index contributed by atoms with van der Waals surface area (Å²) in [5.41, 5.74) is 12.7. The number of hydrogen-bond donors (Lipinski definition) is 2. The summed E-state index contributed by atoms with van der Waals surface area (Å²) in [6, 6.07) is 3.59. The number of carbonyl (C=O) groups is 1. The first-order valence-corrected chi connectivity index (χ1v) is 6.77. The SMILES string of the molecule is NC(=O)C1CCCCN1Cc1cccnc1C(N)=S. The highest BCUT2D eigenvalue weighted by Crippen LogP contribution is 2.20. The molecule has 1 amide bonds. The summed E-state index contributed by atoms with van der Waals surface area (Å²) < 4.78 is 0. The van der Waals surface area contributed by atoms with Crippen LogP contribution in [0.3, 0.4) is 0 Å². The number of likely N-dealkylation sites (tertiary alicyclic amines) is 1. The molecule has 0 spiro atoms. The smallest absolute Gasteiger partial charge is 0.234 e. The lowest BCUT2D eigenvalue weighted by atomic mass is 10.0. The number of nitrogens with two attached hydrogens (primary N) is 2. The van der Waals surface area contributed by atoms with E-state index in [0.717, 1.165) is 31.4 Å².